The van der Waals surface area contributed by atoms with Crippen molar-refractivity contribution in [2.75, 3.05) is 0 Å². The Labute approximate surface area is 301 Å². The second kappa shape index (κ2) is 38.9. The van der Waals surface area contributed by atoms with Crippen molar-refractivity contribution in [2.45, 2.75) is 194 Å². The standard InChI is InChI=1S/2C21H36O.Co.2H2O/c2*1-2-3-4-5-6-7-8-9-10-11-12-13-14-17-20-18-15-16-19-21(20)22;;;/h2*15-16,18-19,22H,2-14,17H2,1H3;;2*1H2. The minimum absolute atomic E-state index is 0. The molecule has 0 atom stereocenters. The Bertz CT molecular complexity index is 804. The summed E-state index contributed by atoms with van der Waals surface area (Å²) in [6, 6.07) is 15.5. The third-order valence-corrected chi connectivity index (χ3v) is 9.08. The first-order valence-electron chi connectivity index (χ1n) is 19.2. The number of unbranched alkanes of at least 4 members (excludes halogenated alkanes) is 24. The van der Waals surface area contributed by atoms with E-state index in [9.17, 15) is 10.2 Å². The molecule has 0 fully saturated rings. The zero-order valence-electron chi connectivity index (χ0n) is 30.6. The summed E-state index contributed by atoms with van der Waals surface area (Å²) < 4.78 is 0. The van der Waals surface area contributed by atoms with Gasteiger partial charge in [-0.1, -0.05) is 204 Å². The van der Waals surface area contributed by atoms with E-state index in [1.807, 2.05) is 36.4 Å². The quantitative estimate of drug-likeness (QED) is 0.0861. The molecule has 2 aromatic carbocycles. The van der Waals surface area contributed by atoms with Crippen LogP contribution in [0.1, 0.15) is 192 Å². The minimum atomic E-state index is 0. The molecule has 0 saturated carbocycles. The zero-order chi connectivity index (χ0) is 31.8. The Morgan fingerprint density at radius 1 is 0.340 bits per heavy atom. The maximum atomic E-state index is 9.70. The van der Waals surface area contributed by atoms with Gasteiger partial charge in [0, 0.05) is 16.8 Å². The van der Waals surface area contributed by atoms with Crippen LogP contribution in [0.15, 0.2) is 48.5 Å². The summed E-state index contributed by atoms with van der Waals surface area (Å²) in [7, 11) is 0. The van der Waals surface area contributed by atoms with Crippen LogP contribution in [-0.4, -0.2) is 21.2 Å². The van der Waals surface area contributed by atoms with Gasteiger partial charge in [-0.25, -0.2) is 0 Å². The maximum absolute atomic E-state index is 9.70. The molecule has 1 radical (unpaired) electrons. The average molecular weight is 704 g/mol. The number of phenolic OH excluding ortho intramolecular Hbond substituents is 2. The van der Waals surface area contributed by atoms with Gasteiger partial charge < -0.3 is 21.2 Å². The number of benzene rings is 2. The smallest absolute Gasteiger partial charge is 0.118 e. The number of rotatable bonds is 28. The molecule has 6 N–H and O–H groups in total. The van der Waals surface area contributed by atoms with Crippen LogP contribution < -0.4 is 0 Å². The molecular weight excluding hydrogens is 627 g/mol. The van der Waals surface area contributed by atoms with Crippen LogP contribution in [0, 0.1) is 0 Å². The molecule has 2 rings (SSSR count). The summed E-state index contributed by atoms with van der Waals surface area (Å²) in [5, 5.41) is 19.4. The largest absolute Gasteiger partial charge is 0.508 e. The van der Waals surface area contributed by atoms with Crippen LogP contribution in [0.5, 0.6) is 11.5 Å². The first kappa shape index (κ1) is 49.8. The van der Waals surface area contributed by atoms with Crippen LogP contribution in [0.25, 0.3) is 0 Å². The van der Waals surface area contributed by atoms with Crippen molar-refractivity contribution in [3.63, 3.8) is 0 Å². The van der Waals surface area contributed by atoms with Gasteiger partial charge >= 0.3 is 0 Å². The average Bonchev–Trinajstić information content (AvgIpc) is 3.03. The van der Waals surface area contributed by atoms with Crippen molar-refractivity contribution in [3.05, 3.63) is 59.7 Å². The van der Waals surface area contributed by atoms with Gasteiger partial charge in [-0.3, -0.25) is 0 Å². The van der Waals surface area contributed by atoms with E-state index in [0.29, 0.717) is 11.5 Å². The van der Waals surface area contributed by atoms with Gasteiger partial charge in [0.1, 0.15) is 11.5 Å². The Morgan fingerprint density at radius 2 is 0.553 bits per heavy atom. The van der Waals surface area contributed by atoms with Gasteiger partial charge in [0.25, 0.3) is 0 Å². The molecule has 5 heteroatoms. The van der Waals surface area contributed by atoms with Crippen molar-refractivity contribution in [1.82, 2.24) is 0 Å². The second-order valence-electron chi connectivity index (χ2n) is 13.2. The van der Waals surface area contributed by atoms with Crippen molar-refractivity contribution in [1.29, 1.82) is 0 Å². The molecule has 4 nitrogen and oxygen atoms in total. The van der Waals surface area contributed by atoms with E-state index in [1.54, 1.807) is 12.1 Å². The van der Waals surface area contributed by atoms with E-state index in [-0.39, 0.29) is 27.7 Å². The summed E-state index contributed by atoms with van der Waals surface area (Å²) in [6.45, 7) is 4.56. The number of phenols is 2. The molecule has 0 aliphatic rings. The number of aromatic hydroxyl groups is 2. The summed E-state index contributed by atoms with van der Waals surface area (Å²) in [5.41, 5.74) is 2.20. The molecule has 0 aromatic heterocycles. The van der Waals surface area contributed by atoms with Crippen molar-refractivity contribution in [2.24, 2.45) is 0 Å². The molecule has 0 bridgehead atoms. The van der Waals surface area contributed by atoms with Gasteiger partial charge in [-0.15, -0.1) is 0 Å². The third kappa shape index (κ3) is 31.5. The molecule has 0 heterocycles. The number of hydrogen-bond donors (Lipinski definition) is 2. The second-order valence-corrected chi connectivity index (χ2v) is 13.2. The summed E-state index contributed by atoms with van der Waals surface area (Å²) >= 11 is 0. The van der Waals surface area contributed by atoms with E-state index in [4.69, 9.17) is 0 Å². The Hall–Kier alpha value is -1.53. The molecule has 47 heavy (non-hydrogen) atoms. The van der Waals surface area contributed by atoms with Gasteiger partial charge in [0.15, 0.2) is 0 Å². The summed E-state index contributed by atoms with van der Waals surface area (Å²) in [4.78, 5) is 0. The van der Waals surface area contributed by atoms with E-state index >= 15 is 0 Å². The van der Waals surface area contributed by atoms with Gasteiger partial charge in [-0.2, -0.15) is 0 Å². The zero-order valence-corrected chi connectivity index (χ0v) is 31.7. The van der Waals surface area contributed by atoms with Crippen LogP contribution in [0.3, 0.4) is 0 Å². The van der Waals surface area contributed by atoms with E-state index in [0.717, 1.165) is 24.0 Å². The normalized spacial score (nSPS) is 10.3. The SMILES string of the molecule is CCCCCCCCCCCCCCCc1ccccc1O.CCCCCCCCCCCCCCCc1ccccc1O.O.O.[Co]. The van der Waals surface area contributed by atoms with E-state index < -0.39 is 0 Å². The van der Waals surface area contributed by atoms with Gasteiger partial charge in [0.2, 0.25) is 0 Å². The molecule has 0 saturated heterocycles. The Kier molecular flexibility index (Phi) is 41.3. The molecule has 0 amide bonds. The van der Waals surface area contributed by atoms with E-state index in [2.05, 4.69) is 13.8 Å². The maximum Gasteiger partial charge on any atom is 0.118 e. The molecule has 277 valence electrons. The third-order valence-electron chi connectivity index (χ3n) is 9.08. The van der Waals surface area contributed by atoms with E-state index in [1.165, 1.54) is 167 Å². The van der Waals surface area contributed by atoms with Gasteiger partial charge in [-0.05, 0) is 48.9 Å². The number of aryl methyl sites for hydroxylation is 2. The Balaban J connectivity index is -0.000000774. The van der Waals surface area contributed by atoms with Crippen molar-refractivity contribution in [3.8, 4) is 11.5 Å². The molecule has 0 aliphatic heterocycles. The van der Waals surface area contributed by atoms with Crippen LogP contribution in [0.4, 0.5) is 0 Å². The van der Waals surface area contributed by atoms with Gasteiger partial charge in [0.05, 0.1) is 0 Å². The fourth-order valence-electron chi connectivity index (χ4n) is 6.11. The molecule has 0 aliphatic carbocycles. The van der Waals surface area contributed by atoms with Crippen molar-refractivity contribution < 1.29 is 37.9 Å². The molecular formula is C42H76CoO4. The number of hydrogen-bond acceptors (Lipinski definition) is 2. The Morgan fingerprint density at radius 3 is 0.787 bits per heavy atom. The fourth-order valence-corrected chi connectivity index (χ4v) is 6.11. The fraction of sp³-hybridized carbons (Fsp3) is 0.714. The summed E-state index contributed by atoms with van der Waals surface area (Å²) in [6.07, 6.45) is 38.1. The predicted octanol–water partition coefficient (Wildman–Crippen LogP) is 12.4. The first-order valence-corrected chi connectivity index (χ1v) is 19.2. The minimum Gasteiger partial charge on any atom is -0.508 e. The predicted molar refractivity (Wildman–Crippen MR) is 202 cm³/mol. The van der Waals surface area contributed by atoms with Crippen LogP contribution >= 0.6 is 0 Å². The van der Waals surface area contributed by atoms with Crippen molar-refractivity contribution >= 4 is 0 Å². The monoisotopic (exact) mass is 704 g/mol. The topological polar surface area (TPSA) is 103 Å². The molecule has 0 spiro atoms. The molecule has 2 aromatic rings. The van der Waals surface area contributed by atoms with Crippen LogP contribution in [-0.2, 0) is 29.6 Å². The first-order chi connectivity index (χ1) is 21.7. The number of para-hydroxylation sites is 2. The molecule has 0 unspecified atom stereocenters. The van der Waals surface area contributed by atoms with Crippen LogP contribution in [0.2, 0.25) is 0 Å². The summed E-state index contributed by atoms with van der Waals surface area (Å²) in [5.74, 6) is 0.919.